The molecule has 8 nitrogen and oxygen atoms in total. The molecular formula is C17H17N7OS. The number of hydrogen-bond acceptors (Lipinski definition) is 8. The van der Waals surface area contributed by atoms with E-state index < -0.39 is 0 Å². The van der Waals surface area contributed by atoms with Gasteiger partial charge in [0, 0.05) is 32.4 Å². The third-order valence-electron chi connectivity index (χ3n) is 4.31. The number of hydrogen-bond donors (Lipinski definition) is 0. The van der Waals surface area contributed by atoms with Crippen LogP contribution in [0.5, 0.6) is 0 Å². The molecule has 1 amide bonds. The molecule has 0 radical (unpaired) electrons. The van der Waals surface area contributed by atoms with Crippen molar-refractivity contribution in [2.75, 3.05) is 31.1 Å². The van der Waals surface area contributed by atoms with E-state index >= 15 is 0 Å². The number of aromatic nitrogens is 5. The monoisotopic (exact) mass is 367 g/mol. The van der Waals surface area contributed by atoms with E-state index in [2.05, 4.69) is 29.7 Å². The van der Waals surface area contributed by atoms with E-state index in [1.165, 1.54) is 0 Å². The zero-order chi connectivity index (χ0) is 17.9. The van der Waals surface area contributed by atoms with Crippen LogP contribution < -0.4 is 4.90 Å². The molecule has 0 unspecified atom stereocenters. The molecule has 4 heterocycles. The summed E-state index contributed by atoms with van der Waals surface area (Å²) in [5.41, 5.74) is 2.24. The molecule has 1 aliphatic heterocycles. The van der Waals surface area contributed by atoms with E-state index in [1.807, 2.05) is 42.2 Å². The van der Waals surface area contributed by atoms with Crippen molar-refractivity contribution in [3.63, 3.8) is 0 Å². The Bertz CT molecular complexity index is 889. The van der Waals surface area contributed by atoms with Gasteiger partial charge >= 0.3 is 0 Å². The van der Waals surface area contributed by atoms with E-state index in [1.54, 1.807) is 6.20 Å². The molecule has 9 heteroatoms. The number of carbonyl (C=O) groups excluding carboxylic acids is 1. The highest BCUT2D eigenvalue weighted by atomic mass is 32.1. The van der Waals surface area contributed by atoms with E-state index in [0.717, 1.165) is 28.7 Å². The standard InChI is InChI=1S/C17H17N7OS/c1-12-16(26-22-19-12)17(25)24-10-8-23(9-11-24)15-6-5-14(20-21-15)13-4-2-3-7-18-13/h2-7H,8-11H2,1H3. The van der Waals surface area contributed by atoms with Gasteiger partial charge in [0.05, 0.1) is 11.4 Å². The summed E-state index contributed by atoms with van der Waals surface area (Å²) in [5.74, 6) is 0.821. The van der Waals surface area contributed by atoms with Crippen molar-refractivity contribution in [2.24, 2.45) is 0 Å². The molecule has 3 aromatic heterocycles. The number of rotatable bonds is 3. The molecule has 26 heavy (non-hydrogen) atoms. The second-order valence-electron chi connectivity index (χ2n) is 5.96. The molecule has 1 aliphatic rings. The molecule has 0 atom stereocenters. The Hall–Kier alpha value is -2.94. The molecule has 0 spiro atoms. The van der Waals surface area contributed by atoms with Crippen LogP contribution in [0, 0.1) is 6.92 Å². The van der Waals surface area contributed by atoms with Gasteiger partial charge in [-0.2, -0.15) is 0 Å². The first-order valence-electron chi connectivity index (χ1n) is 8.30. The van der Waals surface area contributed by atoms with Crippen molar-refractivity contribution in [3.05, 3.63) is 47.1 Å². The molecule has 0 aliphatic carbocycles. The van der Waals surface area contributed by atoms with Crippen LogP contribution in [0.3, 0.4) is 0 Å². The topological polar surface area (TPSA) is 88.0 Å². The summed E-state index contributed by atoms with van der Waals surface area (Å²) in [6, 6.07) is 9.58. The lowest BCUT2D eigenvalue weighted by atomic mass is 10.2. The number of nitrogens with zero attached hydrogens (tertiary/aromatic N) is 7. The molecule has 0 N–H and O–H groups in total. The van der Waals surface area contributed by atoms with Crippen LogP contribution in [0.15, 0.2) is 36.5 Å². The predicted octanol–water partition coefficient (Wildman–Crippen LogP) is 1.66. The first-order chi connectivity index (χ1) is 12.7. The fourth-order valence-electron chi connectivity index (χ4n) is 2.85. The average molecular weight is 367 g/mol. The summed E-state index contributed by atoms with van der Waals surface area (Å²) in [4.78, 5) is 21.4. The summed E-state index contributed by atoms with van der Waals surface area (Å²) >= 11 is 1.15. The van der Waals surface area contributed by atoms with Crippen LogP contribution in [-0.2, 0) is 0 Å². The lowest BCUT2D eigenvalue weighted by Crippen LogP contribution is -2.49. The highest BCUT2D eigenvalue weighted by molar-refractivity contribution is 7.07. The predicted molar refractivity (Wildman–Crippen MR) is 98.0 cm³/mol. The molecule has 1 fully saturated rings. The molecule has 0 aromatic carbocycles. The highest BCUT2D eigenvalue weighted by Gasteiger charge is 2.25. The molecule has 1 saturated heterocycles. The number of aryl methyl sites for hydroxylation is 1. The normalized spacial score (nSPS) is 14.5. The Labute approximate surface area is 154 Å². The lowest BCUT2D eigenvalue weighted by Gasteiger charge is -2.34. The number of pyridine rings is 1. The first kappa shape index (κ1) is 16.5. The molecular weight excluding hydrogens is 350 g/mol. The Kier molecular flexibility index (Phi) is 4.53. The average Bonchev–Trinajstić information content (AvgIpc) is 3.14. The van der Waals surface area contributed by atoms with Crippen molar-refractivity contribution in [2.45, 2.75) is 6.92 Å². The van der Waals surface area contributed by atoms with Gasteiger partial charge in [0.25, 0.3) is 5.91 Å². The van der Waals surface area contributed by atoms with Crippen LogP contribution in [0.4, 0.5) is 5.82 Å². The van der Waals surface area contributed by atoms with Crippen LogP contribution in [-0.4, -0.2) is 61.8 Å². The van der Waals surface area contributed by atoms with Gasteiger partial charge < -0.3 is 9.80 Å². The van der Waals surface area contributed by atoms with Crippen LogP contribution in [0.1, 0.15) is 15.4 Å². The lowest BCUT2D eigenvalue weighted by molar-refractivity contribution is 0.0750. The quantitative estimate of drug-likeness (QED) is 0.695. The molecule has 0 saturated carbocycles. The Morgan fingerprint density at radius 1 is 1.00 bits per heavy atom. The largest absolute Gasteiger partial charge is 0.352 e. The fraction of sp³-hybridized carbons (Fsp3) is 0.294. The van der Waals surface area contributed by atoms with Crippen molar-refractivity contribution < 1.29 is 4.79 Å². The number of anilines is 1. The van der Waals surface area contributed by atoms with E-state index in [-0.39, 0.29) is 5.91 Å². The van der Waals surface area contributed by atoms with Gasteiger partial charge in [0.15, 0.2) is 5.82 Å². The van der Waals surface area contributed by atoms with Crippen molar-refractivity contribution in [1.29, 1.82) is 0 Å². The van der Waals surface area contributed by atoms with E-state index in [4.69, 9.17) is 0 Å². The molecule has 4 rings (SSSR count). The third-order valence-corrected chi connectivity index (χ3v) is 5.13. The molecule has 3 aromatic rings. The van der Waals surface area contributed by atoms with Crippen LogP contribution in [0.2, 0.25) is 0 Å². The SMILES string of the molecule is Cc1nnsc1C(=O)N1CCN(c2ccc(-c3ccccn3)nn2)CC1. The van der Waals surface area contributed by atoms with E-state index in [9.17, 15) is 4.79 Å². The highest BCUT2D eigenvalue weighted by Crippen LogP contribution is 2.19. The maximum atomic E-state index is 12.5. The van der Waals surface area contributed by atoms with Gasteiger partial charge in [0.2, 0.25) is 0 Å². The Morgan fingerprint density at radius 3 is 2.46 bits per heavy atom. The molecule has 0 bridgehead atoms. The van der Waals surface area contributed by atoms with Gasteiger partial charge in [0.1, 0.15) is 10.6 Å². The zero-order valence-electron chi connectivity index (χ0n) is 14.2. The van der Waals surface area contributed by atoms with Gasteiger partial charge in [-0.25, -0.2) is 0 Å². The fourth-order valence-corrected chi connectivity index (χ4v) is 3.48. The van der Waals surface area contributed by atoms with E-state index in [0.29, 0.717) is 36.8 Å². The van der Waals surface area contributed by atoms with Crippen LogP contribution >= 0.6 is 11.5 Å². The maximum absolute atomic E-state index is 12.5. The van der Waals surface area contributed by atoms with Gasteiger partial charge in [-0.05, 0) is 42.7 Å². The maximum Gasteiger partial charge on any atom is 0.267 e. The number of piperazine rings is 1. The Morgan fingerprint density at radius 2 is 1.85 bits per heavy atom. The third kappa shape index (κ3) is 3.25. The summed E-state index contributed by atoms with van der Waals surface area (Å²) < 4.78 is 3.84. The zero-order valence-corrected chi connectivity index (χ0v) is 15.1. The number of carbonyl (C=O) groups is 1. The Balaban J connectivity index is 1.40. The summed E-state index contributed by atoms with van der Waals surface area (Å²) in [7, 11) is 0. The van der Waals surface area contributed by atoms with Crippen molar-refractivity contribution >= 4 is 23.3 Å². The van der Waals surface area contributed by atoms with Crippen molar-refractivity contribution in [1.82, 2.24) is 29.7 Å². The summed E-state index contributed by atoms with van der Waals surface area (Å²) in [6.45, 7) is 4.52. The minimum absolute atomic E-state index is 0.00809. The second kappa shape index (κ2) is 7.12. The van der Waals surface area contributed by atoms with Gasteiger partial charge in [-0.1, -0.05) is 10.6 Å². The smallest absolute Gasteiger partial charge is 0.267 e. The first-order valence-corrected chi connectivity index (χ1v) is 9.08. The summed E-state index contributed by atoms with van der Waals surface area (Å²) in [6.07, 6.45) is 1.74. The summed E-state index contributed by atoms with van der Waals surface area (Å²) in [5, 5.41) is 12.5. The number of amides is 1. The van der Waals surface area contributed by atoms with Gasteiger partial charge in [-0.3, -0.25) is 9.78 Å². The van der Waals surface area contributed by atoms with Gasteiger partial charge in [-0.15, -0.1) is 15.3 Å². The second-order valence-corrected chi connectivity index (χ2v) is 6.71. The molecule has 132 valence electrons. The minimum atomic E-state index is 0.00809. The van der Waals surface area contributed by atoms with Crippen LogP contribution in [0.25, 0.3) is 11.4 Å². The minimum Gasteiger partial charge on any atom is -0.352 e. The van der Waals surface area contributed by atoms with Crippen molar-refractivity contribution in [3.8, 4) is 11.4 Å².